The summed E-state index contributed by atoms with van der Waals surface area (Å²) in [4.78, 5) is 12.0. The summed E-state index contributed by atoms with van der Waals surface area (Å²) in [6.45, 7) is 8.92. The standard InChI is InChI=1S/C17H32NO3P/c1-16(2,12-17(3,4)21-22)13-18-15(19)20-14-10-8-6-5-7-9-11-14/h5-6,14H,7-13,22H2,1-4H3,(H,18,19)/b6-5+. The summed E-state index contributed by atoms with van der Waals surface area (Å²) in [6, 6.07) is 0. The fourth-order valence-electron chi connectivity index (χ4n) is 3.00. The predicted molar refractivity (Wildman–Crippen MR) is 93.8 cm³/mol. The number of ether oxygens (including phenoxy) is 1. The lowest BCUT2D eigenvalue weighted by Crippen LogP contribution is -2.40. The van der Waals surface area contributed by atoms with Gasteiger partial charge in [0.2, 0.25) is 0 Å². The van der Waals surface area contributed by atoms with Gasteiger partial charge in [0.05, 0.1) is 5.60 Å². The molecule has 0 heterocycles. The number of carbonyl (C=O) groups excluding carboxylic acids is 1. The monoisotopic (exact) mass is 329 g/mol. The highest BCUT2D eigenvalue weighted by Crippen LogP contribution is 2.31. The van der Waals surface area contributed by atoms with Crippen LogP contribution in [0.3, 0.4) is 0 Å². The van der Waals surface area contributed by atoms with E-state index < -0.39 is 0 Å². The summed E-state index contributed by atoms with van der Waals surface area (Å²) >= 11 is 0. The molecule has 1 N–H and O–H groups in total. The number of allylic oxidation sites excluding steroid dienone is 2. The Hall–Kier alpha value is -0.600. The van der Waals surface area contributed by atoms with Crippen molar-refractivity contribution in [2.45, 2.75) is 77.9 Å². The second-order valence-corrected chi connectivity index (χ2v) is 7.81. The van der Waals surface area contributed by atoms with E-state index in [2.05, 4.69) is 40.8 Å². The van der Waals surface area contributed by atoms with E-state index in [1.165, 1.54) is 0 Å². The maximum Gasteiger partial charge on any atom is 0.407 e. The Morgan fingerprint density at radius 2 is 1.91 bits per heavy atom. The summed E-state index contributed by atoms with van der Waals surface area (Å²) in [6.07, 6.45) is 10.0. The van der Waals surface area contributed by atoms with Crippen LogP contribution in [0.15, 0.2) is 12.2 Å². The summed E-state index contributed by atoms with van der Waals surface area (Å²) in [5.74, 6) is 0. The second-order valence-electron chi connectivity index (χ2n) is 7.58. The molecule has 0 aromatic carbocycles. The largest absolute Gasteiger partial charge is 0.446 e. The molecule has 0 aromatic heterocycles. The van der Waals surface area contributed by atoms with Gasteiger partial charge in [0.25, 0.3) is 0 Å². The Balaban J connectivity index is 2.36. The first-order valence-corrected chi connectivity index (χ1v) is 8.69. The van der Waals surface area contributed by atoms with Gasteiger partial charge in [-0.05, 0) is 57.8 Å². The molecule has 0 spiro atoms. The first-order valence-electron chi connectivity index (χ1n) is 8.21. The summed E-state index contributed by atoms with van der Waals surface area (Å²) in [5.41, 5.74) is -0.283. The van der Waals surface area contributed by atoms with Crippen LogP contribution in [0.5, 0.6) is 0 Å². The van der Waals surface area contributed by atoms with E-state index in [0.717, 1.165) is 38.5 Å². The fraction of sp³-hybridized carbons (Fsp3) is 0.824. The van der Waals surface area contributed by atoms with E-state index in [1.807, 2.05) is 13.8 Å². The minimum atomic E-state index is -0.299. The lowest BCUT2D eigenvalue weighted by Gasteiger charge is -2.34. The molecular weight excluding hydrogens is 297 g/mol. The molecule has 0 saturated heterocycles. The molecule has 0 aromatic rings. The second kappa shape index (κ2) is 8.88. The lowest BCUT2D eigenvalue weighted by atomic mass is 9.82. The van der Waals surface area contributed by atoms with E-state index in [0.29, 0.717) is 6.54 Å². The summed E-state index contributed by atoms with van der Waals surface area (Å²) in [5, 5.41) is 2.91. The Morgan fingerprint density at radius 1 is 1.23 bits per heavy atom. The zero-order valence-corrected chi connectivity index (χ0v) is 15.6. The molecule has 5 heteroatoms. The van der Waals surface area contributed by atoms with E-state index in [4.69, 9.17) is 9.26 Å². The van der Waals surface area contributed by atoms with Crippen molar-refractivity contribution in [2.75, 3.05) is 6.54 Å². The Labute approximate surface area is 137 Å². The van der Waals surface area contributed by atoms with Crippen LogP contribution >= 0.6 is 9.47 Å². The molecule has 2 unspecified atom stereocenters. The van der Waals surface area contributed by atoms with Crippen molar-refractivity contribution in [2.24, 2.45) is 5.41 Å². The molecular formula is C17H32NO3P. The van der Waals surface area contributed by atoms with Crippen LogP contribution < -0.4 is 5.32 Å². The van der Waals surface area contributed by atoms with Gasteiger partial charge in [-0.15, -0.1) is 0 Å². The minimum Gasteiger partial charge on any atom is -0.446 e. The van der Waals surface area contributed by atoms with Gasteiger partial charge in [0.15, 0.2) is 0 Å². The van der Waals surface area contributed by atoms with Gasteiger partial charge in [-0.2, -0.15) is 0 Å². The molecule has 1 aliphatic rings. The highest BCUT2D eigenvalue weighted by molar-refractivity contribution is 7.09. The van der Waals surface area contributed by atoms with Crippen LogP contribution in [-0.4, -0.2) is 24.3 Å². The van der Waals surface area contributed by atoms with Gasteiger partial charge >= 0.3 is 6.09 Å². The van der Waals surface area contributed by atoms with Crippen LogP contribution in [0.2, 0.25) is 0 Å². The van der Waals surface area contributed by atoms with Crippen molar-refractivity contribution >= 4 is 15.6 Å². The number of alkyl carbamates (subject to hydrolysis) is 1. The predicted octanol–water partition coefficient (Wildman–Crippen LogP) is 4.60. The Morgan fingerprint density at radius 3 is 2.59 bits per heavy atom. The van der Waals surface area contributed by atoms with Crippen molar-refractivity contribution in [3.63, 3.8) is 0 Å². The molecule has 0 fully saturated rings. The number of hydrogen-bond acceptors (Lipinski definition) is 3. The van der Waals surface area contributed by atoms with Crippen LogP contribution in [-0.2, 0) is 9.26 Å². The quantitative estimate of drug-likeness (QED) is 0.572. The average Bonchev–Trinajstić information content (AvgIpc) is 2.38. The Bertz CT molecular complexity index is 380. The minimum absolute atomic E-state index is 0.0416. The van der Waals surface area contributed by atoms with Gasteiger partial charge < -0.3 is 14.6 Å². The van der Waals surface area contributed by atoms with Crippen molar-refractivity contribution in [1.29, 1.82) is 0 Å². The van der Waals surface area contributed by atoms with Crippen LogP contribution in [0.25, 0.3) is 0 Å². The first-order chi connectivity index (χ1) is 10.2. The summed E-state index contributed by atoms with van der Waals surface area (Å²) in [7, 11) is 2.32. The fourth-order valence-corrected chi connectivity index (χ4v) is 3.09. The van der Waals surface area contributed by atoms with Crippen molar-refractivity contribution in [1.82, 2.24) is 5.32 Å². The van der Waals surface area contributed by atoms with Gasteiger partial charge in [-0.3, -0.25) is 0 Å². The average molecular weight is 329 g/mol. The highest BCUT2D eigenvalue weighted by Gasteiger charge is 2.29. The van der Waals surface area contributed by atoms with Crippen molar-refractivity contribution < 1.29 is 14.1 Å². The van der Waals surface area contributed by atoms with E-state index in [1.54, 1.807) is 0 Å². The molecule has 1 rings (SSSR count). The van der Waals surface area contributed by atoms with E-state index in [-0.39, 0.29) is 23.2 Å². The molecule has 0 aliphatic heterocycles. The molecule has 0 radical (unpaired) electrons. The molecule has 0 saturated carbocycles. The molecule has 1 amide bonds. The van der Waals surface area contributed by atoms with Gasteiger partial charge in [0.1, 0.15) is 6.10 Å². The molecule has 2 atom stereocenters. The highest BCUT2D eigenvalue weighted by atomic mass is 31.0. The lowest BCUT2D eigenvalue weighted by molar-refractivity contribution is 0.0649. The van der Waals surface area contributed by atoms with Crippen LogP contribution in [0.4, 0.5) is 4.79 Å². The zero-order chi connectivity index (χ0) is 16.6. The number of hydrogen-bond donors (Lipinski definition) is 1. The Kier molecular flexibility index (Phi) is 7.85. The molecule has 128 valence electrons. The van der Waals surface area contributed by atoms with Crippen molar-refractivity contribution in [3.8, 4) is 0 Å². The normalized spacial score (nSPS) is 21.6. The molecule has 4 nitrogen and oxygen atoms in total. The number of rotatable bonds is 6. The number of carbonyl (C=O) groups is 1. The third kappa shape index (κ3) is 8.14. The summed E-state index contributed by atoms with van der Waals surface area (Å²) < 4.78 is 11.0. The zero-order valence-electron chi connectivity index (χ0n) is 14.5. The van der Waals surface area contributed by atoms with Crippen molar-refractivity contribution in [3.05, 3.63) is 12.2 Å². The molecule has 22 heavy (non-hydrogen) atoms. The molecule has 1 aliphatic carbocycles. The third-order valence-electron chi connectivity index (χ3n) is 3.93. The van der Waals surface area contributed by atoms with E-state index in [9.17, 15) is 4.79 Å². The van der Waals surface area contributed by atoms with Crippen LogP contribution in [0, 0.1) is 5.41 Å². The van der Waals surface area contributed by atoms with Gasteiger partial charge in [-0.1, -0.05) is 26.0 Å². The molecule has 0 bridgehead atoms. The van der Waals surface area contributed by atoms with Gasteiger partial charge in [0, 0.05) is 16.0 Å². The number of amides is 1. The van der Waals surface area contributed by atoms with Gasteiger partial charge in [-0.25, -0.2) is 4.79 Å². The SMILES string of the molecule is CC(C)(CNC(=O)OC1CC/C=C/CCC1)CC(C)(C)OP. The number of nitrogens with one attached hydrogen (secondary N) is 1. The maximum absolute atomic E-state index is 12.0. The maximum atomic E-state index is 12.0. The third-order valence-corrected chi connectivity index (χ3v) is 4.57. The topological polar surface area (TPSA) is 47.6 Å². The van der Waals surface area contributed by atoms with Crippen LogP contribution in [0.1, 0.15) is 66.2 Å². The van der Waals surface area contributed by atoms with E-state index >= 15 is 0 Å². The first kappa shape index (κ1) is 19.4. The smallest absolute Gasteiger partial charge is 0.407 e.